The maximum absolute atomic E-state index is 8.97. The highest BCUT2D eigenvalue weighted by molar-refractivity contribution is 5.30. The average molecular weight is 196 g/mol. The summed E-state index contributed by atoms with van der Waals surface area (Å²) in [6, 6.07) is 6.67. The van der Waals surface area contributed by atoms with Crippen molar-refractivity contribution in [2.75, 3.05) is 13.2 Å². The van der Waals surface area contributed by atoms with Crippen LogP contribution in [0.1, 0.15) is 13.8 Å². The number of epoxide rings is 1. The van der Waals surface area contributed by atoms with Crippen molar-refractivity contribution >= 4 is 0 Å². The van der Waals surface area contributed by atoms with Crippen molar-refractivity contribution in [1.29, 1.82) is 0 Å². The zero-order valence-electron chi connectivity index (χ0n) is 8.56. The minimum atomic E-state index is 0.255. The Balaban J connectivity index is 0.000000461. The van der Waals surface area contributed by atoms with E-state index in [2.05, 4.69) is 0 Å². The average Bonchev–Trinajstić information content (AvgIpc) is 3.04. The maximum atomic E-state index is 8.97. The molecule has 3 nitrogen and oxygen atoms in total. The Morgan fingerprint density at radius 2 is 1.93 bits per heavy atom. The molecular formula is C11H16O3. The zero-order valence-corrected chi connectivity index (χ0v) is 8.56. The third kappa shape index (κ3) is 3.66. The van der Waals surface area contributed by atoms with Gasteiger partial charge in [-0.2, -0.15) is 0 Å². The lowest BCUT2D eigenvalue weighted by atomic mass is 10.3. The van der Waals surface area contributed by atoms with Gasteiger partial charge in [0.05, 0.1) is 6.61 Å². The second-order valence-corrected chi connectivity index (χ2v) is 2.76. The van der Waals surface area contributed by atoms with Crippen molar-refractivity contribution < 1.29 is 14.6 Å². The number of hydrogen-bond acceptors (Lipinski definition) is 3. The van der Waals surface area contributed by atoms with Gasteiger partial charge in [-0.3, -0.25) is 0 Å². The van der Waals surface area contributed by atoms with Crippen molar-refractivity contribution in [1.82, 2.24) is 0 Å². The molecule has 1 atom stereocenters. The molecule has 2 rings (SSSR count). The van der Waals surface area contributed by atoms with Gasteiger partial charge in [0.1, 0.15) is 24.2 Å². The fourth-order valence-electron chi connectivity index (χ4n) is 0.896. The van der Waals surface area contributed by atoms with Gasteiger partial charge in [-0.05, 0) is 24.3 Å². The molecule has 0 radical (unpaired) electrons. The van der Waals surface area contributed by atoms with Crippen LogP contribution in [0.5, 0.6) is 11.5 Å². The predicted octanol–water partition coefficient (Wildman–Crippen LogP) is 2.20. The lowest BCUT2D eigenvalue weighted by Crippen LogP contribution is -2.03. The van der Waals surface area contributed by atoms with Gasteiger partial charge in [0.15, 0.2) is 0 Å². The Morgan fingerprint density at radius 1 is 1.36 bits per heavy atom. The Kier molecular flexibility index (Phi) is 4.26. The van der Waals surface area contributed by atoms with Crippen LogP contribution in [0.15, 0.2) is 24.3 Å². The Morgan fingerprint density at radius 3 is 2.43 bits per heavy atom. The first-order valence-corrected chi connectivity index (χ1v) is 4.88. The van der Waals surface area contributed by atoms with Crippen LogP contribution < -0.4 is 4.74 Å². The Hall–Kier alpha value is -1.22. The number of ether oxygens (including phenoxy) is 2. The van der Waals surface area contributed by atoms with Crippen molar-refractivity contribution in [2.24, 2.45) is 0 Å². The van der Waals surface area contributed by atoms with E-state index in [0.29, 0.717) is 6.61 Å². The molecule has 1 heterocycles. The molecule has 1 unspecified atom stereocenters. The fraction of sp³-hybridized carbons (Fsp3) is 0.455. The summed E-state index contributed by atoms with van der Waals surface area (Å²) in [7, 11) is 0. The number of benzene rings is 1. The fourth-order valence-corrected chi connectivity index (χ4v) is 0.896. The standard InChI is InChI=1S/C9H10O3.C2H6/c10-7-1-3-8(4-2-7)11-5-9-6-12-9;1-2/h1-4,9-10H,5-6H2;1-2H3. The molecule has 0 aliphatic carbocycles. The zero-order chi connectivity index (χ0) is 10.4. The van der Waals surface area contributed by atoms with Crippen LogP contribution in [-0.2, 0) is 4.74 Å². The molecule has 0 saturated carbocycles. The van der Waals surface area contributed by atoms with Crippen molar-refractivity contribution in [3.63, 3.8) is 0 Å². The molecule has 0 bridgehead atoms. The molecule has 1 aromatic rings. The first-order chi connectivity index (χ1) is 6.84. The number of phenols is 1. The van der Waals surface area contributed by atoms with Crippen molar-refractivity contribution in [3.8, 4) is 11.5 Å². The monoisotopic (exact) mass is 196 g/mol. The molecule has 0 aromatic heterocycles. The van der Waals surface area contributed by atoms with Gasteiger partial charge < -0.3 is 14.6 Å². The summed E-state index contributed by atoms with van der Waals surface area (Å²) in [5.74, 6) is 1.02. The molecule has 1 aliphatic rings. The summed E-state index contributed by atoms with van der Waals surface area (Å²) in [4.78, 5) is 0. The first kappa shape index (κ1) is 10.9. The summed E-state index contributed by atoms with van der Waals surface area (Å²) in [5.41, 5.74) is 0. The SMILES string of the molecule is CC.Oc1ccc(OCC2CO2)cc1. The summed E-state index contributed by atoms with van der Waals surface area (Å²) in [6.07, 6.45) is 0.277. The molecule has 0 spiro atoms. The van der Waals surface area contributed by atoms with Crippen molar-refractivity contribution in [2.45, 2.75) is 20.0 Å². The molecule has 3 heteroatoms. The van der Waals surface area contributed by atoms with Crippen LogP contribution in [0.3, 0.4) is 0 Å². The molecule has 1 fully saturated rings. The van der Waals surface area contributed by atoms with E-state index in [1.807, 2.05) is 13.8 Å². The van der Waals surface area contributed by atoms with E-state index in [0.717, 1.165) is 12.4 Å². The van der Waals surface area contributed by atoms with E-state index >= 15 is 0 Å². The third-order valence-electron chi connectivity index (χ3n) is 1.67. The smallest absolute Gasteiger partial charge is 0.119 e. The van der Waals surface area contributed by atoms with E-state index in [4.69, 9.17) is 14.6 Å². The molecule has 1 saturated heterocycles. The molecule has 1 N–H and O–H groups in total. The van der Waals surface area contributed by atoms with Gasteiger partial charge in [-0.1, -0.05) is 13.8 Å². The molecule has 14 heavy (non-hydrogen) atoms. The van der Waals surface area contributed by atoms with E-state index in [9.17, 15) is 0 Å². The van der Waals surface area contributed by atoms with Crippen LogP contribution in [-0.4, -0.2) is 24.4 Å². The van der Waals surface area contributed by atoms with E-state index in [-0.39, 0.29) is 11.9 Å². The second kappa shape index (κ2) is 5.50. The molecular weight excluding hydrogens is 180 g/mol. The number of rotatable bonds is 3. The molecule has 0 amide bonds. The van der Waals surface area contributed by atoms with Gasteiger partial charge >= 0.3 is 0 Å². The predicted molar refractivity (Wildman–Crippen MR) is 54.7 cm³/mol. The lowest BCUT2D eigenvalue weighted by molar-refractivity contribution is 0.263. The van der Waals surface area contributed by atoms with E-state index < -0.39 is 0 Å². The first-order valence-electron chi connectivity index (χ1n) is 4.88. The van der Waals surface area contributed by atoms with Gasteiger partial charge in [-0.15, -0.1) is 0 Å². The molecule has 1 aliphatic heterocycles. The molecule has 78 valence electrons. The highest BCUT2D eigenvalue weighted by Gasteiger charge is 2.22. The minimum Gasteiger partial charge on any atom is -0.508 e. The van der Waals surface area contributed by atoms with Gasteiger partial charge in [0.2, 0.25) is 0 Å². The Labute approximate surface area is 84.3 Å². The quantitative estimate of drug-likeness (QED) is 0.753. The largest absolute Gasteiger partial charge is 0.508 e. The van der Waals surface area contributed by atoms with E-state index in [1.54, 1.807) is 24.3 Å². The summed E-state index contributed by atoms with van der Waals surface area (Å²) in [6.45, 7) is 5.41. The summed E-state index contributed by atoms with van der Waals surface area (Å²) < 4.78 is 10.3. The van der Waals surface area contributed by atoms with Crippen LogP contribution in [0.2, 0.25) is 0 Å². The topological polar surface area (TPSA) is 42.0 Å². The van der Waals surface area contributed by atoms with Crippen LogP contribution in [0.25, 0.3) is 0 Å². The highest BCUT2D eigenvalue weighted by atomic mass is 16.6. The highest BCUT2D eigenvalue weighted by Crippen LogP contribution is 2.17. The van der Waals surface area contributed by atoms with Gasteiger partial charge in [-0.25, -0.2) is 0 Å². The maximum Gasteiger partial charge on any atom is 0.119 e. The third-order valence-corrected chi connectivity index (χ3v) is 1.67. The van der Waals surface area contributed by atoms with Crippen LogP contribution >= 0.6 is 0 Å². The Bertz CT molecular complexity index is 252. The van der Waals surface area contributed by atoms with Crippen LogP contribution in [0, 0.1) is 0 Å². The second-order valence-electron chi connectivity index (χ2n) is 2.76. The lowest BCUT2D eigenvalue weighted by Gasteiger charge is -2.02. The minimum absolute atomic E-state index is 0.255. The van der Waals surface area contributed by atoms with Gasteiger partial charge in [0.25, 0.3) is 0 Å². The van der Waals surface area contributed by atoms with Gasteiger partial charge in [0, 0.05) is 0 Å². The molecule has 1 aromatic carbocycles. The summed E-state index contributed by atoms with van der Waals surface area (Å²) in [5, 5.41) is 8.97. The summed E-state index contributed by atoms with van der Waals surface area (Å²) >= 11 is 0. The van der Waals surface area contributed by atoms with E-state index in [1.165, 1.54) is 0 Å². The number of phenolic OH excluding ortho intramolecular Hbond substituents is 1. The van der Waals surface area contributed by atoms with Crippen molar-refractivity contribution in [3.05, 3.63) is 24.3 Å². The van der Waals surface area contributed by atoms with Crippen LogP contribution in [0.4, 0.5) is 0 Å². The number of hydrogen-bond donors (Lipinski definition) is 1. The normalized spacial score (nSPS) is 18.0. The number of aromatic hydroxyl groups is 1.